The molecule has 3 aromatic carbocycles. The maximum absolute atomic E-state index is 14.8. The number of ether oxygens (including phenoxy) is 2. The Balaban J connectivity index is 1.22. The summed E-state index contributed by atoms with van der Waals surface area (Å²) in [6, 6.07) is 14.5. The maximum atomic E-state index is 14.8. The van der Waals surface area contributed by atoms with Gasteiger partial charge in [0, 0.05) is 53.1 Å². The maximum Gasteiger partial charge on any atom is 0.144 e. The van der Waals surface area contributed by atoms with Crippen LogP contribution in [0, 0.1) is 11.6 Å². The van der Waals surface area contributed by atoms with Crippen molar-refractivity contribution < 1.29 is 18.3 Å². The summed E-state index contributed by atoms with van der Waals surface area (Å²) in [5.74, 6) is 0.350. The van der Waals surface area contributed by atoms with E-state index in [2.05, 4.69) is 51.5 Å². The minimum atomic E-state index is -0.603. The minimum Gasteiger partial charge on any atom is -0.494 e. The Kier molecular flexibility index (Phi) is 8.92. The predicted molar refractivity (Wildman–Crippen MR) is 183 cm³/mol. The van der Waals surface area contributed by atoms with Gasteiger partial charge >= 0.3 is 0 Å². The molecule has 1 aliphatic carbocycles. The Morgan fingerprint density at radius 1 is 1.06 bits per heavy atom. The largest absolute Gasteiger partial charge is 0.494 e. The van der Waals surface area contributed by atoms with E-state index in [4.69, 9.17) is 9.47 Å². The topological polar surface area (TPSA) is 71.5 Å². The summed E-state index contributed by atoms with van der Waals surface area (Å²) in [6.07, 6.45) is 11.5. The molecule has 2 bridgehead atoms. The molecule has 1 saturated carbocycles. The highest BCUT2D eigenvalue weighted by Gasteiger charge is 2.41. The number of aromatic nitrogens is 2. The fourth-order valence-corrected chi connectivity index (χ4v) is 6.80. The van der Waals surface area contributed by atoms with Gasteiger partial charge in [0.1, 0.15) is 29.5 Å². The van der Waals surface area contributed by atoms with Crippen molar-refractivity contribution >= 4 is 28.1 Å². The fraction of sp³-hybridized carbons (Fsp3) is 0.368. The highest BCUT2D eigenvalue weighted by atomic mass is 19.1. The number of benzene rings is 3. The van der Waals surface area contributed by atoms with Gasteiger partial charge in [-0.3, -0.25) is 4.90 Å². The first-order valence-electron chi connectivity index (χ1n) is 16.6. The van der Waals surface area contributed by atoms with Crippen LogP contribution in [-0.4, -0.2) is 53.8 Å². The number of fused-ring (bicyclic) bond motifs is 3. The van der Waals surface area contributed by atoms with Crippen LogP contribution >= 0.6 is 0 Å². The van der Waals surface area contributed by atoms with Crippen molar-refractivity contribution in [3.8, 4) is 16.9 Å². The number of morpholine rings is 1. The number of nitrogens with zero attached hydrogens (tertiary/aromatic N) is 3. The van der Waals surface area contributed by atoms with E-state index < -0.39 is 11.6 Å². The standard InChI is InChI=1S/C38H41F2N5O2/c1-4-23(2)29-12-10-25(30-13-11-26(39)16-32(30)40)15-35(29)44-38-31-18-36(37(46-3)19-34(31)41-22-42-38)43-33(24-7-5-8-24)9-6-14-45-27-17-28(45)21-47-20-27/h6,9-13,15-16,18-19,22-23,27-28,43H,4-5,7-8,14,17,20-21H2,1-3H3,(H,41,42,44)/b9-6+. The lowest BCUT2D eigenvalue weighted by Crippen LogP contribution is -2.63. The smallest absolute Gasteiger partial charge is 0.144 e. The average molecular weight is 638 g/mol. The van der Waals surface area contributed by atoms with Crippen molar-refractivity contribution in [2.75, 3.05) is 37.5 Å². The van der Waals surface area contributed by atoms with Gasteiger partial charge in [-0.1, -0.05) is 32.1 Å². The summed E-state index contributed by atoms with van der Waals surface area (Å²) in [5.41, 5.74) is 6.95. The van der Waals surface area contributed by atoms with Gasteiger partial charge in [0.25, 0.3) is 0 Å². The third-order valence-electron chi connectivity index (χ3n) is 9.96. The molecule has 0 amide bonds. The Labute approximate surface area is 274 Å². The van der Waals surface area contributed by atoms with Crippen LogP contribution in [0.4, 0.5) is 26.0 Å². The predicted octanol–water partition coefficient (Wildman–Crippen LogP) is 8.72. The van der Waals surface area contributed by atoms with Crippen LogP contribution in [0.15, 0.2) is 78.3 Å². The van der Waals surface area contributed by atoms with Crippen molar-refractivity contribution in [3.05, 3.63) is 95.5 Å². The van der Waals surface area contributed by atoms with E-state index in [0.29, 0.717) is 34.8 Å². The molecule has 3 fully saturated rings. The Bertz CT molecular complexity index is 1840. The first-order valence-corrected chi connectivity index (χ1v) is 16.6. The average Bonchev–Trinajstić information content (AvgIpc) is 3.05. The number of hydrogen-bond donors (Lipinski definition) is 2. The summed E-state index contributed by atoms with van der Waals surface area (Å²) < 4.78 is 40.0. The summed E-state index contributed by atoms with van der Waals surface area (Å²) in [4.78, 5) is 11.7. The van der Waals surface area contributed by atoms with Gasteiger partial charge < -0.3 is 20.1 Å². The van der Waals surface area contributed by atoms with E-state index in [1.165, 1.54) is 36.9 Å². The lowest BCUT2D eigenvalue weighted by Gasteiger charge is -2.52. The van der Waals surface area contributed by atoms with E-state index in [1.807, 2.05) is 30.3 Å². The molecule has 0 spiro atoms. The van der Waals surface area contributed by atoms with Crippen LogP contribution in [0.2, 0.25) is 0 Å². The molecule has 1 aromatic heterocycles. The number of nitrogens with one attached hydrogen (secondary N) is 2. The zero-order valence-electron chi connectivity index (χ0n) is 27.2. The zero-order chi connectivity index (χ0) is 32.5. The molecule has 244 valence electrons. The van der Waals surface area contributed by atoms with Crippen LogP contribution in [0.3, 0.4) is 0 Å². The minimum absolute atomic E-state index is 0.238. The summed E-state index contributed by atoms with van der Waals surface area (Å²) >= 11 is 0. The molecule has 47 heavy (non-hydrogen) atoms. The van der Waals surface area contributed by atoms with Crippen molar-refractivity contribution in [2.45, 2.75) is 64.0 Å². The molecule has 3 aliphatic rings. The van der Waals surface area contributed by atoms with Gasteiger partial charge in [-0.2, -0.15) is 0 Å². The van der Waals surface area contributed by atoms with Gasteiger partial charge in [0.2, 0.25) is 0 Å². The van der Waals surface area contributed by atoms with Crippen LogP contribution < -0.4 is 15.4 Å². The van der Waals surface area contributed by atoms with E-state index in [-0.39, 0.29) is 5.92 Å². The number of hydrogen-bond acceptors (Lipinski definition) is 7. The van der Waals surface area contributed by atoms with Crippen molar-refractivity contribution in [1.29, 1.82) is 0 Å². The van der Waals surface area contributed by atoms with E-state index in [9.17, 15) is 8.78 Å². The molecule has 3 unspecified atom stereocenters. The van der Waals surface area contributed by atoms with Gasteiger partial charge in [-0.25, -0.2) is 18.7 Å². The van der Waals surface area contributed by atoms with Crippen molar-refractivity contribution in [3.63, 3.8) is 0 Å². The highest BCUT2D eigenvalue weighted by Crippen LogP contribution is 2.39. The Morgan fingerprint density at radius 2 is 1.89 bits per heavy atom. The summed E-state index contributed by atoms with van der Waals surface area (Å²) in [5, 5.41) is 8.07. The number of methoxy groups -OCH3 is 1. The Hall–Kier alpha value is -4.34. The van der Waals surface area contributed by atoms with Gasteiger partial charge in [0.15, 0.2) is 0 Å². The lowest BCUT2D eigenvalue weighted by atomic mass is 9.89. The molecule has 4 aromatic rings. The molecule has 2 N–H and O–H groups in total. The van der Waals surface area contributed by atoms with Crippen LogP contribution in [-0.2, 0) is 4.74 Å². The second-order valence-corrected chi connectivity index (χ2v) is 12.8. The van der Waals surface area contributed by atoms with Gasteiger partial charge in [-0.15, -0.1) is 0 Å². The van der Waals surface area contributed by atoms with Crippen LogP contribution in [0.5, 0.6) is 5.75 Å². The Morgan fingerprint density at radius 3 is 2.60 bits per heavy atom. The zero-order valence-corrected chi connectivity index (χ0v) is 27.2. The summed E-state index contributed by atoms with van der Waals surface area (Å²) in [7, 11) is 1.67. The molecule has 3 heterocycles. The highest BCUT2D eigenvalue weighted by molar-refractivity contribution is 5.95. The fourth-order valence-electron chi connectivity index (χ4n) is 6.80. The number of halogens is 2. The van der Waals surface area contributed by atoms with Crippen molar-refractivity contribution in [1.82, 2.24) is 14.9 Å². The second kappa shape index (κ2) is 13.4. The molecule has 7 nitrogen and oxygen atoms in total. The van der Waals surface area contributed by atoms with E-state index >= 15 is 0 Å². The molecule has 2 aliphatic heterocycles. The second-order valence-electron chi connectivity index (χ2n) is 12.8. The quantitative estimate of drug-likeness (QED) is 0.170. The lowest BCUT2D eigenvalue weighted by molar-refractivity contribution is -0.121. The van der Waals surface area contributed by atoms with Crippen LogP contribution in [0.1, 0.15) is 57.4 Å². The van der Waals surface area contributed by atoms with Crippen molar-refractivity contribution in [2.24, 2.45) is 0 Å². The number of rotatable bonds is 11. The van der Waals surface area contributed by atoms with Gasteiger partial charge in [0.05, 0.1) is 31.5 Å². The summed E-state index contributed by atoms with van der Waals surface area (Å²) in [6.45, 7) is 6.87. The molecular weight excluding hydrogens is 596 g/mol. The normalized spacial score (nSPS) is 19.7. The molecule has 9 heteroatoms. The third-order valence-corrected chi connectivity index (χ3v) is 9.96. The number of allylic oxidation sites excluding steroid dienone is 2. The van der Waals surface area contributed by atoms with E-state index in [0.717, 1.165) is 78.6 Å². The molecule has 7 rings (SSSR count). The first kappa shape index (κ1) is 31.3. The monoisotopic (exact) mass is 637 g/mol. The molecule has 3 atom stereocenters. The molecule has 0 radical (unpaired) electrons. The SMILES string of the molecule is CCC(C)c1ccc(-c2ccc(F)cc2F)cc1Nc1ncnc2cc(OC)c(NC(/C=C/CN3C4COCC3C4)=C3CCC3)cc12. The first-order chi connectivity index (χ1) is 22.9. The number of anilines is 3. The van der Waals surface area contributed by atoms with Gasteiger partial charge in [-0.05, 0) is 85.1 Å². The molecule has 2 saturated heterocycles. The van der Waals surface area contributed by atoms with E-state index in [1.54, 1.807) is 7.11 Å². The van der Waals surface area contributed by atoms with Crippen LogP contribution in [0.25, 0.3) is 22.0 Å². The molecular formula is C38H41F2N5O2. The third kappa shape index (κ3) is 6.34.